The van der Waals surface area contributed by atoms with Gasteiger partial charge in [-0.1, -0.05) is 37.1 Å². The molecule has 5 nitrogen and oxygen atoms in total. The predicted molar refractivity (Wildman–Crippen MR) is 93.9 cm³/mol. The molecule has 0 unspecified atom stereocenters. The van der Waals surface area contributed by atoms with Crippen LogP contribution in [0.3, 0.4) is 0 Å². The van der Waals surface area contributed by atoms with Crippen LogP contribution in [-0.2, 0) is 0 Å². The summed E-state index contributed by atoms with van der Waals surface area (Å²) in [5.41, 5.74) is 0.960. The molecule has 128 valence electrons. The maximum absolute atomic E-state index is 13.1. The number of aromatic nitrogens is 1. The average Bonchev–Trinajstić information content (AvgIpc) is 3.09. The lowest BCUT2D eigenvalue weighted by atomic mass is 9.94. The third-order valence-corrected chi connectivity index (χ3v) is 5.05. The highest BCUT2D eigenvalue weighted by Gasteiger charge is 2.29. The Balaban J connectivity index is 2.28. The fraction of sp³-hybridized carbons (Fsp3) is 0.350. The molecule has 2 aromatic rings. The standard InChI is InChI=1S/C20H20N2O3/c1-12-7-3-6-10-15(12)18(23)17-13(2)16(11-21)19(24)22(20(17)25)14-8-4-5-9-14/h3,6-7,10,14,25H,4-5,8-9H2,1-2H3. The van der Waals surface area contributed by atoms with Crippen LogP contribution in [0.2, 0.25) is 0 Å². The highest BCUT2D eigenvalue weighted by molar-refractivity contribution is 6.12. The number of hydrogen-bond acceptors (Lipinski definition) is 4. The summed E-state index contributed by atoms with van der Waals surface area (Å²) in [6, 6.07) is 8.85. The molecule has 0 spiro atoms. The Bertz CT molecular complexity index is 945. The maximum atomic E-state index is 13.1. The van der Waals surface area contributed by atoms with Gasteiger partial charge in [0.25, 0.3) is 5.56 Å². The highest BCUT2D eigenvalue weighted by Crippen LogP contribution is 2.34. The minimum absolute atomic E-state index is 0.0531. The zero-order chi connectivity index (χ0) is 18.1. The van der Waals surface area contributed by atoms with Gasteiger partial charge in [0.1, 0.15) is 11.6 Å². The summed E-state index contributed by atoms with van der Waals surface area (Å²) < 4.78 is 1.25. The van der Waals surface area contributed by atoms with Gasteiger partial charge in [-0.2, -0.15) is 5.26 Å². The molecule has 3 rings (SSSR count). The molecule has 25 heavy (non-hydrogen) atoms. The van der Waals surface area contributed by atoms with Crippen molar-refractivity contribution in [2.45, 2.75) is 45.6 Å². The van der Waals surface area contributed by atoms with E-state index in [0.717, 1.165) is 31.2 Å². The number of carbonyl (C=O) groups is 1. The number of nitriles is 1. The van der Waals surface area contributed by atoms with E-state index in [1.807, 2.05) is 25.1 Å². The third-order valence-electron chi connectivity index (χ3n) is 5.05. The first-order valence-corrected chi connectivity index (χ1v) is 8.45. The number of ketones is 1. The van der Waals surface area contributed by atoms with E-state index in [-0.39, 0.29) is 34.4 Å². The van der Waals surface area contributed by atoms with Gasteiger partial charge in [0, 0.05) is 11.6 Å². The SMILES string of the molecule is Cc1ccccc1C(=O)c1c(C)c(C#N)c(=O)n(C2CCCC2)c1O. The lowest BCUT2D eigenvalue weighted by Gasteiger charge is -2.20. The van der Waals surface area contributed by atoms with Gasteiger partial charge in [0.15, 0.2) is 5.78 Å². The lowest BCUT2D eigenvalue weighted by Crippen LogP contribution is -2.29. The minimum atomic E-state index is -0.509. The number of aryl methyl sites for hydroxylation is 1. The van der Waals surface area contributed by atoms with E-state index < -0.39 is 5.56 Å². The van der Waals surface area contributed by atoms with Gasteiger partial charge in [-0.15, -0.1) is 0 Å². The van der Waals surface area contributed by atoms with Crippen LogP contribution in [0.4, 0.5) is 0 Å². The van der Waals surface area contributed by atoms with E-state index in [1.165, 1.54) is 4.57 Å². The topological polar surface area (TPSA) is 83.1 Å². The molecule has 1 saturated carbocycles. The molecule has 0 bridgehead atoms. The Morgan fingerprint density at radius 2 is 1.88 bits per heavy atom. The molecule has 0 aliphatic heterocycles. The van der Waals surface area contributed by atoms with Crippen LogP contribution in [0.5, 0.6) is 5.88 Å². The van der Waals surface area contributed by atoms with Crippen LogP contribution in [0, 0.1) is 25.2 Å². The predicted octanol–water partition coefficient (Wildman–Crippen LogP) is 3.39. The summed E-state index contributed by atoms with van der Waals surface area (Å²) in [6.07, 6.45) is 3.46. The number of pyridine rings is 1. The van der Waals surface area contributed by atoms with Crippen molar-refractivity contribution in [1.29, 1.82) is 5.26 Å². The molecule has 1 aromatic carbocycles. The van der Waals surface area contributed by atoms with E-state index in [2.05, 4.69) is 0 Å². The summed E-state index contributed by atoms with van der Waals surface area (Å²) >= 11 is 0. The van der Waals surface area contributed by atoms with Gasteiger partial charge in [-0.25, -0.2) is 0 Å². The normalized spacial score (nSPS) is 14.4. The summed E-state index contributed by atoms with van der Waals surface area (Å²) in [7, 11) is 0. The molecular formula is C20H20N2O3. The Morgan fingerprint density at radius 1 is 1.24 bits per heavy atom. The molecule has 1 aliphatic carbocycles. The van der Waals surface area contributed by atoms with E-state index in [1.54, 1.807) is 19.1 Å². The third kappa shape index (κ3) is 2.74. The van der Waals surface area contributed by atoms with Crippen LogP contribution in [0.1, 0.15) is 64.3 Å². The fourth-order valence-corrected chi connectivity index (χ4v) is 3.66. The smallest absolute Gasteiger partial charge is 0.271 e. The fourth-order valence-electron chi connectivity index (χ4n) is 3.66. The van der Waals surface area contributed by atoms with Gasteiger partial charge >= 0.3 is 0 Å². The number of aromatic hydroxyl groups is 1. The van der Waals surface area contributed by atoms with Crippen molar-refractivity contribution >= 4 is 5.78 Å². The van der Waals surface area contributed by atoms with Crippen molar-refractivity contribution in [3.63, 3.8) is 0 Å². The molecule has 1 fully saturated rings. The van der Waals surface area contributed by atoms with E-state index >= 15 is 0 Å². The minimum Gasteiger partial charge on any atom is -0.494 e. The van der Waals surface area contributed by atoms with E-state index in [4.69, 9.17) is 0 Å². The van der Waals surface area contributed by atoms with Gasteiger partial charge in [0.2, 0.25) is 5.88 Å². The Kier molecular flexibility index (Phi) is 4.45. The second-order valence-corrected chi connectivity index (χ2v) is 6.57. The molecule has 0 atom stereocenters. The van der Waals surface area contributed by atoms with Gasteiger partial charge < -0.3 is 5.11 Å². The molecule has 5 heteroatoms. The summed E-state index contributed by atoms with van der Waals surface area (Å²) in [4.78, 5) is 25.7. The van der Waals surface area contributed by atoms with Crippen LogP contribution in [0.15, 0.2) is 29.1 Å². The molecule has 1 N–H and O–H groups in total. The van der Waals surface area contributed by atoms with Crippen molar-refractivity contribution in [2.24, 2.45) is 0 Å². The molecule has 1 heterocycles. The second kappa shape index (κ2) is 6.56. The number of nitrogens with zero attached hydrogens (tertiary/aromatic N) is 2. The second-order valence-electron chi connectivity index (χ2n) is 6.57. The average molecular weight is 336 g/mol. The van der Waals surface area contributed by atoms with Crippen molar-refractivity contribution in [3.8, 4) is 11.9 Å². The Hall–Kier alpha value is -2.87. The summed E-state index contributed by atoms with van der Waals surface area (Å²) in [6.45, 7) is 3.36. The van der Waals surface area contributed by atoms with Crippen molar-refractivity contribution in [1.82, 2.24) is 4.57 Å². The number of carbonyl (C=O) groups excluding carboxylic acids is 1. The quantitative estimate of drug-likeness (QED) is 0.871. The van der Waals surface area contributed by atoms with Gasteiger partial charge in [0.05, 0.1) is 5.56 Å². The van der Waals surface area contributed by atoms with Crippen molar-refractivity contribution in [3.05, 3.63) is 62.4 Å². The van der Waals surface area contributed by atoms with Crippen LogP contribution < -0.4 is 5.56 Å². The molecule has 1 aromatic heterocycles. The van der Waals surface area contributed by atoms with Crippen molar-refractivity contribution in [2.75, 3.05) is 0 Å². The molecular weight excluding hydrogens is 316 g/mol. The Labute approximate surface area is 146 Å². The van der Waals surface area contributed by atoms with Crippen molar-refractivity contribution < 1.29 is 9.90 Å². The van der Waals surface area contributed by atoms with Crippen LogP contribution >= 0.6 is 0 Å². The zero-order valence-corrected chi connectivity index (χ0v) is 14.4. The lowest BCUT2D eigenvalue weighted by molar-refractivity contribution is 0.103. The van der Waals surface area contributed by atoms with E-state index in [9.17, 15) is 20.0 Å². The molecule has 0 saturated heterocycles. The van der Waals surface area contributed by atoms with Crippen LogP contribution in [0.25, 0.3) is 0 Å². The summed E-state index contributed by atoms with van der Waals surface area (Å²) in [5.74, 6) is -0.682. The van der Waals surface area contributed by atoms with E-state index in [0.29, 0.717) is 5.56 Å². The number of rotatable bonds is 3. The largest absolute Gasteiger partial charge is 0.494 e. The first-order chi connectivity index (χ1) is 12.0. The monoisotopic (exact) mass is 336 g/mol. The molecule has 0 amide bonds. The summed E-state index contributed by atoms with van der Waals surface area (Å²) in [5, 5.41) is 20.2. The first-order valence-electron chi connectivity index (χ1n) is 8.45. The molecule has 1 aliphatic rings. The van der Waals surface area contributed by atoms with Crippen LogP contribution in [-0.4, -0.2) is 15.5 Å². The number of hydrogen-bond donors (Lipinski definition) is 1. The van der Waals surface area contributed by atoms with Gasteiger partial charge in [-0.05, 0) is 37.8 Å². The molecule has 0 radical (unpaired) electrons. The number of benzene rings is 1. The highest BCUT2D eigenvalue weighted by atomic mass is 16.3. The Morgan fingerprint density at radius 3 is 2.48 bits per heavy atom. The first kappa shape index (κ1) is 17.0. The maximum Gasteiger partial charge on any atom is 0.271 e. The van der Waals surface area contributed by atoms with Gasteiger partial charge in [-0.3, -0.25) is 14.2 Å². The zero-order valence-electron chi connectivity index (χ0n) is 14.4.